The van der Waals surface area contributed by atoms with E-state index in [0.29, 0.717) is 12.5 Å². The van der Waals surface area contributed by atoms with Gasteiger partial charge in [0.05, 0.1) is 0 Å². The minimum atomic E-state index is 0. The quantitative estimate of drug-likeness (QED) is 0.879. The molecular weight excluding hydrogens is 283 g/mol. The lowest BCUT2D eigenvalue weighted by Gasteiger charge is -2.07. The fourth-order valence-electron chi connectivity index (χ4n) is 2.14. The lowest BCUT2D eigenvalue weighted by Crippen LogP contribution is -2.30. The molecule has 1 aromatic carbocycles. The highest BCUT2D eigenvalue weighted by molar-refractivity contribution is 6.30. The predicted octanol–water partition coefficient (Wildman–Crippen LogP) is 2.72. The van der Waals surface area contributed by atoms with E-state index in [4.69, 9.17) is 17.3 Å². The lowest BCUT2D eigenvalue weighted by atomic mass is 10.1. The van der Waals surface area contributed by atoms with Crippen molar-refractivity contribution in [3.05, 3.63) is 34.9 Å². The molecule has 106 valence electrons. The minimum Gasteiger partial charge on any atom is -0.356 e. The first-order chi connectivity index (χ1) is 8.58. The van der Waals surface area contributed by atoms with Gasteiger partial charge in [-0.1, -0.05) is 23.7 Å². The van der Waals surface area contributed by atoms with Crippen molar-refractivity contribution in [2.45, 2.75) is 31.7 Å². The Morgan fingerprint density at radius 1 is 1.58 bits per heavy atom. The third-order valence-corrected chi connectivity index (χ3v) is 3.54. The zero-order chi connectivity index (χ0) is 13.1. The number of hydrogen-bond acceptors (Lipinski definition) is 2. The number of halogens is 2. The van der Waals surface area contributed by atoms with E-state index in [1.165, 1.54) is 0 Å². The molecule has 1 saturated carbocycles. The van der Waals surface area contributed by atoms with Crippen LogP contribution in [-0.4, -0.2) is 18.5 Å². The monoisotopic (exact) mass is 302 g/mol. The number of hydrogen-bond donors (Lipinski definition) is 2. The number of carbonyl (C=O) groups excluding carboxylic acids is 1. The van der Waals surface area contributed by atoms with Crippen LogP contribution >= 0.6 is 24.0 Å². The van der Waals surface area contributed by atoms with Crippen LogP contribution in [0.1, 0.15) is 31.2 Å². The molecule has 0 saturated heterocycles. The van der Waals surface area contributed by atoms with Crippen LogP contribution < -0.4 is 11.1 Å². The predicted molar refractivity (Wildman–Crippen MR) is 80.8 cm³/mol. The van der Waals surface area contributed by atoms with Crippen LogP contribution in [0.4, 0.5) is 0 Å². The summed E-state index contributed by atoms with van der Waals surface area (Å²) in [6, 6.07) is 7.90. The maximum Gasteiger partial charge on any atom is 0.223 e. The van der Waals surface area contributed by atoms with Gasteiger partial charge in [0.1, 0.15) is 0 Å². The summed E-state index contributed by atoms with van der Waals surface area (Å²) in [7, 11) is 0. The Labute approximate surface area is 125 Å². The molecule has 0 bridgehead atoms. The summed E-state index contributed by atoms with van der Waals surface area (Å²) >= 11 is 5.95. The number of nitrogens with two attached hydrogens (primary N) is 1. The number of amides is 1. The van der Waals surface area contributed by atoms with E-state index in [2.05, 4.69) is 5.32 Å². The van der Waals surface area contributed by atoms with Crippen LogP contribution in [0.25, 0.3) is 0 Å². The average Bonchev–Trinajstić information content (AvgIpc) is 3.08. The van der Waals surface area contributed by atoms with Gasteiger partial charge in [-0.25, -0.2) is 0 Å². The molecule has 1 amide bonds. The summed E-state index contributed by atoms with van der Waals surface area (Å²) in [4.78, 5) is 11.9. The second kappa shape index (κ2) is 7.13. The minimum absolute atomic E-state index is 0. The van der Waals surface area contributed by atoms with E-state index in [-0.39, 0.29) is 30.3 Å². The molecule has 0 aliphatic heterocycles. The highest BCUT2D eigenvalue weighted by Crippen LogP contribution is 2.47. The van der Waals surface area contributed by atoms with Crippen LogP contribution in [0.3, 0.4) is 0 Å². The first-order valence-electron chi connectivity index (χ1n) is 6.36. The van der Waals surface area contributed by atoms with Crippen LogP contribution in [0.2, 0.25) is 5.02 Å². The molecular formula is C14H20Cl2N2O. The molecule has 19 heavy (non-hydrogen) atoms. The van der Waals surface area contributed by atoms with Crippen molar-refractivity contribution in [1.29, 1.82) is 0 Å². The van der Waals surface area contributed by atoms with Gasteiger partial charge >= 0.3 is 0 Å². The van der Waals surface area contributed by atoms with Crippen molar-refractivity contribution in [2.75, 3.05) is 6.54 Å². The van der Waals surface area contributed by atoms with E-state index >= 15 is 0 Å². The van der Waals surface area contributed by atoms with E-state index in [0.717, 1.165) is 23.4 Å². The summed E-state index contributed by atoms with van der Waals surface area (Å²) < 4.78 is 0. The Morgan fingerprint density at radius 3 is 2.95 bits per heavy atom. The molecule has 0 radical (unpaired) electrons. The van der Waals surface area contributed by atoms with Crippen molar-refractivity contribution < 1.29 is 4.79 Å². The molecule has 2 rings (SSSR count). The first-order valence-corrected chi connectivity index (χ1v) is 6.74. The summed E-state index contributed by atoms with van der Waals surface area (Å²) in [5.74, 6) is 0.580. The summed E-state index contributed by atoms with van der Waals surface area (Å²) in [5, 5.41) is 3.67. The Hall–Kier alpha value is -0.770. The Morgan fingerprint density at radius 2 is 2.32 bits per heavy atom. The Bertz CT molecular complexity index is 437. The number of nitrogens with one attached hydrogen (secondary N) is 1. The van der Waals surface area contributed by atoms with Gasteiger partial charge in [0.25, 0.3) is 0 Å². The van der Waals surface area contributed by atoms with Crippen LogP contribution in [0, 0.1) is 5.92 Å². The van der Waals surface area contributed by atoms with Gasteiger partial charge in [-0.2, -0.15) is 0 Å². The van der Waals surface area contributed by atoms with Crippen LogP contribution in [0.5, 0.6) is 0 Å². The van der Waals surface area contributed by atoms with Crippen molar-refractivity contribution in [3.63, 3.8) is 0 Å². The molecule has 3 N–H and O–H groups in total. The Kier molecular flexibility index (Phi) is 6.11. The first kappa shape index (κ1) is 16.3. The van der Waals surface area contributed by atoms with Gasteiger partial charge in [0.2, 0.25) is 5.91 Å². The third-order valence-electron chi connectivity index (χ3n) is 3.30. The van der Waals surface area contributed by atoms with Gasteiger partial charge in [0, 0.05) is 23.5 Å². The molecule has 0 spiro atoms. The fourth-order valence-corrected chi connectivity index (χ4v) is 2.34. The number of rotatable bonds is 5. The third kappa shape index (κ3) is 4.68. The average molecular weight is 303 g/mol. The second-order valence-electron chi connectivity index (χ2n) is 5.06. The molecule has 0 aromatic heterocycles. The topological polar surface area (TPSA) is 55.1 Å². The van der Waals surface area contributed by atoms with Gasteiger partial charge in [0.15, 0.2) is 0 Å². The molecule has 3 nitrogen and oxygen atoms in total. The van der Waals surface area contributed by atoms with Crippen LogP contribution in [0.15, 0.2) is 24.3 Å². The van der Waals surface area contributed by atoms with Crippen molar-refractivity contribution in [2.24, 2.45) is 11.7 Å². The summed E-state index contributed by atoms with van der Waals surface area (Å²) in [6.07, 6.45) is 1.74. The van der Waals surface area contributed by atoms with Crippen molar-refractivity contribution >= 4 is 29.9 Å². The normalized spacial score (nSPS) is 22.3. The van der Waals surface area contributed by atoms with Gasteiger partial charge < -0.3 is 11.1 Å². The smallest absolute Gasteiger partial charge is 0.223 e. The maximum absolute atomic E-state index is 11.9. The molecule has 5 heteroatoms. The van der Waals surface area contributed by atoms with E-state index < -0.39 is 0 Å². The Balaban J connectivity index is 0.00000180. The molecule has 1 aliphatic rings. The van der Waals surface area contributed by atoms with E-state index in [1.807, 2.05) is 31.2 Å². The van der Waals surface area contributed by atoms with Gasteiger partial charge in [-0.15, -0.1) is 12.4 Å². The maximum atomic E-state index is 11.9. The highest BCUT2D eigenvalue weighted by Gasteiger charge is 2.43. The van der Waals surface area contributed by atoms with Gasteiger partial charge in [-0.3, -0.25) is 4.79 Å². The molecule has 1 aliphatic carbocycles. The van der Waals surface area contributed by atoms with Crippen molar-refractivity contribution in [1.82, 2.24) is 5.32 Å². The molecule has 1 fully saturated rings. The number of benzene rings is 1. The summed E-state index contributed by atoms with van der Waals surface area (Å²) in [6.45, 7) is 2.60. The second-order valence-corrected chi connectivity index (χ2v) is 5.50. The zero-order valence-electron chi connectivity index (χ0n) is 10.9. The molecule has 3 unspecified atom stereocenters. The lowest BCUT2D eigenvalue weighted by molar-refractivity contribution is -0.122. The van der Waals surface area contributed by atoms with Gasteiger partial charge in [-0.05, 0) is 43.4 Å². The largest absolute Gasteiger partial charge is 0.356 e. The number of carbonyl (C=O) groups is 1. The fraction of sp³-hybridized carbons (Fsp3) is 0.500. The zero-order valence-corrected chi connectivity index (χ0v) is 12.5. The molecule has 0 heterocycles. The molecule has 1 aromatic rings. The summed E-state index contributed by atoms with van der Waals surface area (Å²) in [5.41, 5.74) is 6.80. The molecule has 3 atom stereocenters. The van der Waals surface area contributed by atoms with E-state index in [9.17, 15) is 4.79 Å². The SMILES string of the molecule is CC(N)CCNC(=O)C1CC1c1cccc(Cl)c1.Cl. The van der Waals surface area contributed by atoms with E-state index in [1.54, 1.807) is 0 Å². The highest BCUT2D eigenvalue weighted by atomic mass is 35.5. The van der Waals surface area contributed by atoms with Crippen LogP contribution in [-0.2, 0) is 4.79 Å². The standard InChI is InChI=1S/C14H19ClN2O.ClH/c1-9(16)5-6-17-14(18)13-8-12(13)10-3-2-4-11(15)7-10;/h2-4,7,9,12-13H,5-6,8,16H2,1H3,(H,17,18);1H. The van der Waals surface area contributed by atoms with Crippen molar-refractivity contribution in [3.8, 4) is 0 Å².